The van der Waals surface area contributed by atoms with Crippen molar-refractivity contribution in [2.24, 2.45) is 15.8 Å². The maximum absolute atomic E-state index is 5.59. The number of benzene rings is 2. The van der Waals surface area contributed by atoms with E-state index in [4.69, 9.17) is 5.73 Å². The molecule has 0 amide bonds. The van der Waals surface area contributed by atoms with Gasteiger partial charge in [-0.2, -0.15) is 5.10 Å². The van der Waals surface area contributed by atoms with E-state index in [1.165, 1.54) is 22.3 Å². The SMILES string of the molecule is CN=C(N)N/N=C(\C)c1ccc2c(c1)Cc1cc(Br)ccc1-2. The van der Waals surface area contributed by atoms with Gasteiger partial charge in [-0.25, -0.2) is 5.43 Å². The average Bonchev–Trinajstić information content (AvgIpc) is 2.88. The number of nitrogens with one attached hydrogen (secondary N) is 1. The molecular weight excluding hydrogens is 340 g/mol. The Morgan fingerprint density at radius 2 is 1.82 bits per heavy atom. The summed E-state index contributed by atoms with van der Waals surface area (Å²) in [5.74, 6) is 0.303. The van der Waals surface area contributed by atoms with Crippen LogP contribution in [0.15, 0.2) is 51.0 Å². The summed E-state index contributed by atoms with van der Waals surface area (Å²) < 4.78 is 1.12. The zero-order valence-corrected chi connectivity index (χ0v) is 14.1. The first-order chi connectivity index (χ1) is 10.6. The number of nitrogens with two attached hydrogens (primary N) is 1. The smallest absolute Gasteiger partial charge is 0.209 e. The van der Waals surface area contributed by atoms with E-state index in [0.29, 0.717) is 5.96 Å². The zero-order chi connectivity index (χ0) is 15.7. The number of aliphatic imine (C=N–C) groups is 1. The van der Waals surface area contributed by atoms with Crippen molar-refractivity contribution in [2.45, 2.75) is 13.3 Å². The molecule has 0 atom stereocenters. The van der Waals surface area contributed by atoms with Crippen LogP contribution >= 0.6 is 15.9 Å². The van der Waals surface area contributed by atoms with Gasteiger partial charge in [0.15, 0.2) is 0 Å². The van der Waals surface area contributed by atoms with Crippen molar-refractivity contribution in [3.63, 3.8) is 0 Å². The van der Waals surface area contributed by atoms with Crippen molar-refractivity contribution in [1.82, 2.24) is 5.43 Å². The quantitative estimate of drug-likeness (QED) is 0.420. The molecule has 5 heteroatoms. The molecule has 3 N–H and O–H groups in total. The van der Waals surface area contributed by atoms with Gasteiger partial charge in [0.05, 0.1) is 5.71 Å². The Labute approximate surface area is 138 Å². The van der Waals surface area contributed by atoms with Gasteiger partial charge in [0.25, 0.3) is 0 Å². The zero-order valence-electron chi connectivity index (χ0n) is 12.5. The molecule has 0 bridgehead atoms. The van der Waals surface area contributed by atoms with Crippen LogP contribution in [0.2, 0.25) is 0 Å². The van der Waals surface area contributed by atoms with Crippen molar-refractivity contribution < 1.29 is 0 Å². The number of fused-ring (bicyclic) bond motifs is 3. The summed E-state index contributed by atoms with van der Waals surface area (Å²) >= 11 is 3.54. The Bertz CT molecular complexity index is 793. The van der Waals surface area contributed by atoms with E-state index >= 15 is 0 Å². The Morgan fingerprint density at radius 1 is 1.14 bits per heavy atom. The van der Waals surface area contributed by atoms with E-state index in [1.807, 2.05) is 6.92 Å². The first-order valence-corrected chi connectivity index (χ1v) is 7.82. The molecule has 0 heterocycles. The standard InChI is InChI=1S/C17H17BrN4/c1-10(21-22-17(19)20-2)11-3-5-15-12(7-11)8-13-9-14(18)4-6-16(13)15/h3-7,9H,8H2,1-2H3,(H3,19,20,22)/b21-10+. The van der Waals surface area contributed by atoms with Gasteiger partial charge in [0.2, 0.25) is 5.96 Å². The van der Waals surface area contributed by atoms with Crippen LogP contribution < -0.4 is 11.2 Å². The molecule has 0 fully saturated rings. The lowest BCUT2D eigenvalue weighted by Crippen LogP contribution is -2.27. The topological polar surface area (TPSA) is 62.8 Å². The van der Waals surface area contributed by atoms with Crippen molar-refractivity contribution in [3.05, 3.63) is 57.6 Å². The van der Waals surface area contributed by atoms with Crippen molar-refractivity contribution >= 4 is 27.6 Å². The van der Waals surface area contributed by atoms with Gasteiger partial charge >= 0.3 is 0 Å². The molecule has 2 aromatic carbocycles. The molecule has 0 saturated heterocycles. The summed E-state index contributed by atoms with van der Waals surface area (Å²) in [4.78, 5) is 3.82. The van der Waals surface area contributed by atoms with Crippen LogP contribution in [0.1, 0.15) is 23.6 Å². The molecule has 4 nitrogen and oxygen atoms in total. The molecule has 1 aliphatic carbocycles. The molecule has 0 unspecified atom stereocenters. The second-order valence-corrected chi connectivity index (χ2v) is 6.18. The minimum absolute atomic E-state index is 0.303. The van der Waals surface area contributed by atoms with Crippen LogP contribution in [0.5, 0.6) is 0 Å². The Kier molecular flexibility index (Phi) is 3.98. The number of halogens is 1. The monoisotopic (exact) mass is 356 g/mol. The maximum Gasteiger partial charge on any atom is 0.209 e. The van der Waals surface area contributed by atoms with Gasteiger partial charge in [-0.1, -0.05) is 34.1 Å². The van der Waals surface area contributed by atoms with Crippen molar-refractivity contribution in [3.8, 4) is 11.1 Å². The number of hydrogen-bond donors (Lipinski definition) is 2. The van der Waals surface area contributed by atoms with E-state index in [9.17, 15) is 0 Å². The fourth-order valence-corrected chi connectivity index (χ4v) is 3.07. The number of hydrogen-bond acceptors (Lipinski definition) is 2. The van der Waals surface area contributed by atoms with Crippen LogP contribution in [0.25, 0.3) is 11.1 Å². The summed E-state index contributed by atoms with van der Waals surface area (Å²) in [7, 11) is 1.62. The lowest BCUT2D eigenvalue weighted by molar-refractivity contribution is 0.997. The third kappa shape index (κ3) is 2.76. The van der Waals surface area contributed by atoms with Crippen LogP contribution in [-0.4, -0.2) is 18.7 Å². The molecule has 3 rings (SSSR count). The molecule has 0 spiro atoms. The molecule has 1 aliphatic rings. The first-order valence-electron chi connectivity index (χ1n) is 7.03. The highest BCUT2D eigenvalue weighted by Crippen LogP contribution is 2.38. The summed E-state index contributed by atoms with van der Waals surface area (Å²) in [5, 5.41) is 4.26. The lowest BCUT2D eigenvalue weighted by Gasteiger charge is -2.06. The van der Waals surface area contributed by atoms with Crippen LogP contribution in [0.4, 0.5) is 0 Å². The van der Waals surface area contributed by atoms with Crippen molar-refractivity contribution in [2.75, 3.05) is 7.05 Å². The highest BCUT2D eigenvalue weighted by molar-refractivity contribution is 9.10. The Morgan fingerprint density at radius 3 is 2.55 bits per heavy atom. The van der Waals surface area contributed by atoms with E-state index < -0.39 is 0 Å². The highest BCUT2D eigenvalue weighted by Gasteiger charge is 2.19. The van der Waals surface area contributed by atoms with Gasteiger partial charge in [-0.15, -0.1) is 0 Å². The van der Waals surface area contributed by atoms with Gasteiger partial charge in [0.1, 0.15) is 0 Å². The van der Waals surface area contributed by atoms with E-state index in [0.717, 1.165) is 22.2 Å². The summed E-state index contributed by atoms with van der Waals surface area (Å²) in [6.07, 6.45) is 0.956. The van der Waals surface area contributed by atoms with Gasteiger partial charge < -0.3 is 5.73 Å². The molecular formula is C17H17BrN4. The summed E-state index contributed by atoms with van der Waals surface area (Å²) in [5.41, 5.74) is 15.6. The molecule has 0 radical (unpaired) electrons. The van der Waals surface area contributed by atoms with Crippen LogP contribution in [0, 0.1) is 0 Å². The Hall–Kier alpha value is -2.14. The van der Waals surface area contributed by atoms with E-state index in [2.05, 4.69) is 67.8 Å². The Balaban J connectivity index is 1.91. The van der Waals surface area contributed by atoms with E-state index in [1.54, 1.807) is 7.05 Å². The maximum atomic E-state index is 5.59. The summed E-state index contributed by atoms with van der Waals surface area (Å²) in [6, 6.07) is 12.9. The first kappa shape index (κ1) is 14.8. The third-order valence-electron chi connectivity index (χ3n) is 3.84. The fraction of sp³-hybridized carbons (Fsp3) is 0.176. The molecule has 2 aromatic rings. The minimum Gasteiger partial charge on any atom is -0.369 e. The number of rotatable bonds is 2. The van der Waals surface area contributed by atoms with Crippen LogP contribution in [-0.2, 0) is 6.42 Å². The van der Waals surface area contributed by atoms with Crippen LogP contribution in [0.3, 0.4) is 0 Å². The number of guanidine groups is 1. The van der Waals surface area contributed by atoms with E-state index in [-0.39, 0.29) is 0 Å². The second-order valence-electron chi connectivity index (χ2n) is 5.27. The fourth-order valence-electron chi connectivity index (χ4n) is 2.66. The minimum atomic E-state index is 0.303. The molecule has 0 aliphatic heterocycles. The highest BCUT2D eigenvalue weighted by atomic mass is 79.9. The largest absolute Gasteiger partial charge is 0.369 e. The normalized spacial score (nSPS) is 13.8. The summed E-state index contributed by atoms with van der Waals surface area (Å²) in [6.45, 7) is 1.95. The average molecular weight is 357 g/mol. The molecule has 112 valence electrons. The van der Waals surface area contributed by atoms with Crippen molar-refractivity contribution in [1.29, 1.82) is 0 Å². The second kappa shape index (κ2) is 5.93. The predicted molar refractivity (Wildman–Crippen MR) is 95.3 cm³/mol. The van der Waals surface area contributed by atoms with Gasteiger partial charge in [-0.05, 0) is 59.4 Å². The number of hydrazone groups is 1. The third-order valence-corrected chi connectivity index (χ3v) is 4.33. The molecule has 0 aromatic heterocycles. The molecule has 0 saturated carbocycles. The molecule has 22 heavy (non-hydrogen) atoms. The lowest BCUT2D eigenvalue weighted by atomic mass is 10.0. The predicted octanol–water partition coefficient (Wildman–Crippen LogP) is 3.28. The van der Waals surface area contributed by atoms with Gasteiger partial charge in [0, 0.05) is 11.5 Å². The number of nitrogens with zero attached hydrogens (tertiary/aromatic N) is 2. The van der Waals surface area contributed by atoms with Gasteiger partial charge in [-0.3, -0.25) is 4.99 Å².